The normalized spacial score (nSPS) is 25.9. The molecule has 2 aliphatic heterocycles. The second-order valence-corrected chi connectivity index (χ2v) is 11.1. The smallest absolute Gasteiger partial charge is 0.139 e. The van der Waals surface area contributed by atoms with Crippen LogP contribution in [-0.4, -0.2) is 89.0 Å². The van der Waals surface area contributed by atoms with E-state index in [0.29, 0.717) is 44.9 Å². The fourth-order valence-electron chi connectivity index (χ4n) is 5.66. The monoisotopic (exact) mass is 512 g/mol. The van der Waals surface area contributed by atoms with Crippen LogP contribution in [0.2, 0.25) is 0 Å². The van der Waals surface area contributed by atoms with E-state index in [2.05, 4.69) is 33.8 Å². The minimum atomic E-state index is 0.0577. The van der Waals surface area contributed by atoms with Gasteiger partial charge in [-0.1, -0.05) is 0 Å². The Labute approximate surface area is 216 Å². The van der Waals surface area contributed by atoms with Crippen LogP contribution in [0.4, 0.5) is 5.82 Å². The van der Waals surface area contributed by atoms with Crippen LogP contribution in [0.25, 0.3) is 10.2 Å². The lowest BCUT2D eigenvalue weighted by Crippen LogP contribution is -2.46. The topological polar surface area (TPSA) is 86.6 Å². The van der Waals surface area contributed by atoms with Gasteiger partial charge in [0.1, 0.15) is 22.6 Å². The fraction of sp³-hybridized carbons (Fsp3) is 0.654. The van der Waals surface area contributed by atoms with Gasteiger partial charge in [0.15, 0.2) is 0 Å². The maximum absolute atomic E-state index is 5.76. The SMILES string of the molecule is Cc1csc2nc(Cc3cnn(C[C@@H]4COCCO4)c3)nc(NC3CCC(N4CCOCC4)CC3)c12. The molecule has 0 aromatic carbocycles. The zero-order chi connectivity index (χ0) is 24.3. The Morgan fingerprint density at radius 3 is 2.72 bits per heavy atom. The molecule has 6 rings (SSSR count). The quantitative estimate of drug-likeness (QED) is 0.516. The van der Waals surface area contributed by atoms with E-state index in [1.165, 1.54) is 36.6 Å². The molecular formula is C26H36N6O3S. The number of aromatic nitrogens is 4. The summed E-state index contributed by atoms with van der Waals surface area (Å²) in [5, 5.41) is 11.7. The van der Waals surface area contributed by atoms with E-state index in [0.717, 1.165) is 48.3 Å². The predicted octanol–water partition coefficient (Wildman–Crippen LogP) is 3.26. The number of ether oxygens (including phenoxy) is 3. The lowest BCUT2D eigenvalue weighted by atomic mass is 9.90. The summed E-state index contributed by atoms with van der Waals surface area (Å²) in [6.45, 7) is 8.70. The van der Waals surface area contributed by atoms with Crippen LogP contribution in [0.3, 0.4) is 0 Å². The molecule has 3 aromatic rings. The van der Waals surface area contributed by atoms with Gasteiger partial charge in [-0.05, 0) is 49.1 Å². The number of anilines is 1. The number of hydrogen-bond donors (Lipinski definition) is 1. The van der Waals surface area contributed by atoms with E-state index in [-0.39, 0.29) is 6.10 Å². The highest BCUT2D eigenvalue weighted by atomic mass is 32.1. The van der Waals surface area contributed by atoms with Crippen LogP contribution in [-0.2, 0) is 27.2 Å². The lowest BCUT2D eigenvalue weighted by Gasteiger charge is -2.39. The van der Waals surface area contributed by atoms with Crippen LogP contribution in [0.15, 0.2) is 17.8 Å². The molecule has 2 saturated heterocycles. The third kappa shape index (κ3) is 5.57. The van der Waals surface area contributed by atoms with Crippen molar-refractivity contribution < 1.29 is 14.2 Å². The van der Waals surface area contributed by atoms with Crippen molar-refractivity contribution in [1.82, 2.24) is 24.6 Å². The number of nitrogens with zero attached hydrogens (tertiary/aromatic N) is 5. The largest absolute Gasteiger partial charge is 0.379 e. The third-order valence-corrected chi connectivity index (χ3v) is 8.58. The summed E-state index contributed by atoms with van der Waals surface area (Å²) in [7, 11) is 0. The summed E-state index contributed by atoms with van der Waals surface area (Å²) in [5.41, 5.74) is 2.35. The number of hydrogen-bond acceptors (Lipinski definition) is 9. The molecule has 3 aromatic heterocycles. The number of aryl methyl sites for hydroxylation is 1. The highest BCUT2D eigenvalue weighted by Gasteiger charge is 2.28. The van der Waals surface area contributed by atoms with Crippen LogP contribution < -0.4 is 5.32 Å². The summed E-state index contributed by atoms with van der Waals surface area (Å²) in [5.74, 6) is 1.83. The molecule has 3 aliphatic rings. The molecule has 194 valence electrons. The molecular weight excluding hydrogens is 476 g/mol. The zero-order valence-corrected chi connectivity index (χ0v) is 21.8. The van der Waals surface area contributed by atoms with Crippen molar-refractivity contribution in [2.75, 3.05) is 51.4 Å². The minimum absolute atomic E-state index is 0.0577. The van der Waals surface area contributed by atoms with Gasteiger partial charge in [0, 0.05) is 37.8 Å². The molecule has 0 unspecified atom stereocenters. The van der Waals surface area contributed by atoms with Crippen molar-refractivity contribution >= 4 is 27.4 Å². The zero-order valence-electron chi connectivity index (χ0n) is 21.0. The van der Waals surface area contributed by atoms with Gasteiger partial charge in [-0.3, -0.25) is 9.58 Å². The molecule has 5 heterocycles. The summed E-state index contributed by atoms with van der Waals surface area (Å²) in [6, 6.07) is 1.14. The van der Waals surface area contributed by atoms with Gasteiger partial charge in [0.25, 0.3) is 0 Å². The Kier molecular flexibility index (Phi) is 7.47. The summed E-state index contributed by atoms with van der Waals surface area (Å²) >= 11 is 1.70. The number of nitrogens with one attached hydrogen (secondary N) is 1. The van der Waals surface area contributed by atoms with E-state index in [1.807, 2.05) is 10.9 Å². The summed E-state index contributed by atoms with van der Waals surface area (Å²) in [6.07, 6.45) is 9.52. The first kappa shape index (κ1) is 24.2. The van der Waals surface area contributed by atoms with Crippen LogP contribution in [0, 0.1) is 6.92 Å². The van der Waals surface area contributed by atoms with Crippen molar-refractivity contribution in [1.29, 1.82) is 0 Å². The van der Waals surface area contributed by atoms with E-state index >= 15 is 0 Å². The van der Waals surface area contributed by atoms with Crippen molar-refractivity contribution in [3.05, 3.63) is 34.7 Å². The molecule has 9 nitrogen and oxygen atoms in total. The predicted molar refractivity (Wildman–Crippen MR) is 140 cm³/mol. The van der Waals surface area contributed by atoms with Crippen molar-refractivity contribution in [2.24, 2.45) is 0 Å². The number of fused-ring (bicyclic) bond motifs is 1. The van der Waals surface area contributed by atoms with Gasteiger partial charge in [0.2, 0.25) is 0 Å². The Bertz CT molecular complexity index is 1150. The molecule has 3 fully saturated rings. The van der Waals surface area contributed by atoms with E-state index in [9.17, 15) is 0 Å². The molecule has 36 heavy (non-hydrogen) atoms. The second-order valence-electron chi connectivity index (χ2n) is 10.2. The average Bonchev–Trinajstić information content (AvgIpc) is 3.51. The van der Waals surface area contributed by atoms with Gasteiger partial charge in [0.05, 0.1) is 51.2 Å². The highest BCUT2D eigenvalue weighted by molar-refractivity contribution is 7.17. The molecule has 0 bridgehead atoms. The molecule has 0 spiro atoms. The first-order chi connectivity index (χ1) is 17.7. The van der Waals surface area contributed by atoms with Crippen LogP contribution in [0.5, 0.6) is 0 Å². The fourth-order valence-corrected chi connectivity index (χ4v) is 6.60. The molecule has 0 amide bonds. The standard InChI is InChI=1S/C26H36N6O3S/c1-18-17-36-26-24(18)25(28-20-2-4-21(5-3-20)31-6-8-33-9-7-31)29-23(30-26)12-19-13-27-32(14-19)15-22-16-34-10-11-35-22/h13-14,17,20-22H,2-12,15-16H2,1H3,(H,28,29,30)/t20?,21?,22-/m1/s1. The molecule has 1 aliphatic carbocycles. The highest BCUT2D eigenvalue weighted by Crippen LogP contribution is 2.32. The first-order valence-electron chi connectivity index (χ1n) is 13.2. The molecule has 1 N–H and O–H groups in total. The van der Waals surface area contributed by atoms with Gasteiger partial charge in [-0.2, -0.15) is 5.10 Å². The van der Waals surface area contributed by atoms with Gasteiger partial charge in [-0.25, -0.2) is 9.97 Å². The maximum atomic E-state index is 5.76. The Morgan fingerprint density at radius 2 is 1.92 bits per heavy atom. The lowest BCUT2D eigenvalue weighted by molar-refractivity contribution is -0.0946. The number of thiophene rings is 1. The van der Waals surface area contributed by atoms with Crippen molar-refractivity contribution in [3.63, 3.8) is 0 Å². The van der Waals surface area contributed by atoms with E-state index < -0.39 is 0 Å². The van der Waals surface area contributed by atoms with Gasteiger partial charge >= 0.3 is 0 Å². The summed E-state index contributed by atoms with van der Waals surface area (Å²) < 4.78 is 18.8. The third-order valence-electron chi connectivity index (χ3n) is 7.59. The minimum Gasteiger partial charge on any atom is -0.379 e. The summed E-state index contributed by atoms with van der Waals surface area (Å²) in [4.78, 5) is 13.6. The average molecular weight is 513 g/mol. The van der Waals surface area contributed by atoms with Gasteiger partial charge in [-0.15, -0.1) is 11.3 Å². The van der Waals surface area contributed by atoms with E-state index in [4.69, 9.17) is 24.2 Å². The molecule has 10 heteroatoms. The first-order valence-corrected chi connectivity index (χ1v) is 14.1. The Morgan fingerprint density at radius 1 is 1.06 bits per heavy atom. The Hall–Kier alpha value is -2.11. The van der Waals surface area contributed by atoms with Crippen LogP contribution in [0.1, 0.15) is 42.6 Å². The van der Waals surface area contributed by atoms with Crippen molar-refractivity contribution in [2.45, 2.75) is 63.8 Å². The van der Waals surface area contributed by atoms with Crippen LogP contribution >= 0.6 is 11.3 Å². The molecule has 1 atom stereocenters. The number of morpholine rings is 1. The Balaban J connectivity index is 1.13. The number of rotatable bonds is 7. The van der Waals surface area contributed by atoms with Gasteiger partial charge < -0.3 is 19.5 Å². The molecule has 1 saturated carbocycles. The second kappa shape index (κ2) is 11.1. The van der Waals surface area contributed by atoms with Crippen molar-refractivity contribution in [3.8, 4) is 0 Å². The maximum Gasteiger partial charge on any atom is 0.139 e. The van der Waals surface area contributed by atoms with E-state index in [1.54, 1.807) is 11.3 Å². The molecule has 0 radical (unpaired) electrons.